The molecule has 106 valence electrons. The number of halogens is 4. The molecule has 0 aliphatic heterocycles. The number of aliphatic carboxylic acids is 1. The average molecular weight is 297 g/mol. The minimum Gasteiger partial charge on any atom is -0.478 e. The van der Waals surface area contributed by atoms with E-state index < -0.39 is 29.7 Å². The summed E-state index contributed by atoms with van der Waals surface area (Å²) in [5, 5.41) is 8.87. The minimum atomic E-state index is -4.54. The lowest BCUT2D eigenvalue weighted by Gasteiger charge is -2.20. The van der Waals surface area contributed by atoms with Gasteiger partial charge in [0, 0.05) is 5.92 Å². The van der Waals surface area contributed by atoms with E-state index in [1.807, 2.05) is 0 Å². The fraction of sp³-hybridized carbons (Fsp3) is 0.417. The fourth-order valence-corrected chi connectivity index (χ4v) is 1.54. The normalized spacial score (nSPS) is 13.4. The van der Waals surface area contributed by atoms with Crippen LogP contribution >= 0.6 is 11.6 Å². The zero-order chi connectivity index (χ0) is 14.8. The topological polar surface area (TPSA) is 46.5 Å². The molecule has 0 amide bonds. The number of benzene rings is 1. The van der Waals surface area contributed by atoms with Gasteiger partial charge in [-0.3, -0.25) is 0 Å². The highest BCUT2D eigenvalue weighted by molar-refractivity contribution is 6.32. The summed E-state index contributed by atoms with van der Waals surface area (Å²) >= 11 is 5.71. The van der Waals surface area contributed by atoms with Gasteiger partial charge in [-0.05, 0) is 18.2 Å². The van der Waals surface area contributed by atoms with Gasteiger partial charge in [0.15, 0.2) is 6.10 Å². The quantitative estimate of drug-likeness (QED) is 0.918. The minimum absolute atomic E-state index is 0.0695. The molecule has 1 aromatic rings. The summed E-state index contributed by atoms with van der Waals surface area (Å²) in [5.74, 6) is -1.97. The van der Waals surface area contributed by atoms with Crippen molar-refractivity contribution in [3.8, 4) is 5.75 Å². The van der Waals surface area contributed by atoms with E-state index in [1.54, 1.807) is 13.8 Å². The van der Waals surface area contributed by atoms with Crippen molar-refractivity contribution in [1.29, 1.82) is 0 Å². The molecule has 0 aliphatic rings. The van der Waals surface area contributed by atoms with E-state index in [0.29, 0.717) is 6.07 Å². The third-order valence-electron chi connectivity index (χ3n) is 2.36. The molecule has 0 aromatic heterocycles. The van der Waals surface area contributed by atoms with Crippen LogP contribution in [-0.2, 0) is 11.0 Å². The van der Waals surface area contributed by atoms with Gasteiger partial charge in [0.1, 0.15) is 5.75 Å². The van der Waals surface area contributed by atoms with Crippen LogP contribution in [0.3, 0.4) is 0 Å². The van der Waals surface area contributed by atoms with Crippen molar-refractivity contribution >= 4 is 17.6 Å². The van der Waals surface area contributed by atoms with Gasteiger partial charge < -0.3 is 9.84 Å². The number of hydrogen-bond donors (Lipinski definition) is 1. The Morgan fingerprint density at radius 2 is 1.95 bits per heavy atom. The summed E-state index contributed by atoms with van der Waals surface area (Å²) in [6.45, 7) is 3.17. The number of carboxylic acids is 1. The first-order valence-corrected chi connectivity index (χ1v) is 5.77. The standard InChI is InChI=1S/C12H12ClF3O3/c1-6(2)10(11(17)18)19-9-5-7(12(14,15)16)3-4-8(9)13/h3-6,10H,1-2H3,(H,17,18). The maximum absolute atomic E-state index is 12.5. The first-order valence-electron chi connectivity index (χ1n) is 5.39. The van der Waals surface area contributed by atoms with Crippen molar-refractivity contribution in [3.05, 3.63) is 28.8 Å². The molecule has 0 aliphatic carbocycles. The lowest BCUT2D eigenvalue weighted by atomic mass is 10.1. The molecule has 19 heavy (non-hydrogen) atoms. The smallest absolute Gasteiger partial charge is 0.416 e. The molecular formula is C12H12ClF3O3. The van der Waals surface area contributed by atoms with Crippen LogP contribution in [0.2, 0.25) is 5.02 Å². The van der Waals surface area contributed by atoms with E-state index in [4.69, 9.17) is 21.4 Å². The van der Waals surface area contributed by atoms with Gasteiger partial charge in [-0.15, -0.1) is 0 Å². The Hall–Kier alpha value is -1.43. The SMILES string of the molecule is CC(C)C(Oc1cc(C(F)(F)F)ccc1Cl)C(=O)O. The molecule has 3 nitrogen and oxygen atoms in total. The summed E-state index contributed by atoms with van der Waals surface area (Å²) in [4.78, 5) is 10.9. The van der Waals surface area contributed by atoms with E-state index in [-0.39, 0.29) is 10.8 Å². The van der Waals surface area contributed by atoms with E-state index in [0.717, 1.165) is 12.1 Å². The van der Waals surface area contributed by atoms with Gasteiger partial charge in [0.05, 0.1) is 10.6 Å². The van der Waals surface area contributed by atoms with Crippen molar-refractivity contribution in [2.45, 2.75) is 26.1 Å². The highest BCUT2D eigenvalue weighted by atomic mass is 35.5. The van der Waals surface area contributed by atoms with E-state index in [1.165, 1.54) is 0 Å². The van der Waals surface area contributed by atoms with Crippen LogP contribution in [0.1, 0.15) is 19.4 Å². The molecule has 0 radical (unpaired) electrons. The molecule has 0 fully saturated rings. The van der Waals surface area contributed by atoms with E-state index in [9.17, 15) is 18.0 Å². The monoisotopic (exact) mass is 296 g/mol. The highest BCUT2D eigenvalue weighted by Gasteiger charge is 2.32. The Labute approximate surface area is 112 Å². The predicted molar refractivity (Wildman–Crippen MR) is 63.3 cm³/mol. The largest absolute Gasteiger partial charge is 0.478 e. The summed E-state index contributed by atoms with van der Waals surface area (Å²) in [6, 6.07) is 2.53. The highest BCUT2D eigenvalue weighted by Crippen LogP contribution is 2.35. The Kier molecular flexibility index (Phi) is 4.68. The molecule has 0 bridgehead atoms. The lowest BCUT2D eigenvalue weighted by Crippen LogP contribution is -2.32. The maximum atomic E-state index is 12.5. The second kappa shape index (κ2) is 5.69. The second-order valence-electron chi connectivity index (χ2n) is 4.26. The van der Waals surface area contributed by atoms with Crippen LogP contribution in [-0.4, -0.2) is 17.2 Å². The number of hydrogen-bond acceptors (Lipinski definition) is 2. The number of ether oxygens (including phenoxy) is 1. The zero-order valence-corrected chi connectivity index (χ0v) is 10.9. The molecule has 1 atom stereocenters. The number of rotatable bonds is 4. The summed E-state index contributed by atoms with van der Waals surface area (Å²) in [7, 11) is 0. The van der Waals surface area contributed by atoms with Gasteiger partial charge in [-0.25, -0.2) is 4.79 Å². The van der Waals surface area contributed by atoms with Crippen molar-refractivity contribution in [2.24, 2.45) is 5.92 Å². The van der Waals surface area contributed by atoms with Crippen molar-refractivity contribution in [2.75, 3.05) is 0 Å². The molecule has 1 unspecified atom stereocenters. The molecule has 1 N–H and O–H groups in total. The third-order valence-corrected chi connectivity index (χ3v) is 2.67. The zero-order valence-electron chi connectivity index (χ0n) is 10.2. The number of carboxylic acid groups (broad SMARTS) is 1. The van der Waals surface area contributed by atoms with Crippen LogP contribution in [0.15, 0.2) is 18.2 Å². The third kappa shape index (κ3) is 4.02. The molecule has 0 saturated heterocycles. The van der Waals surface area contributed by atoms with Gasteiger partial charge in [-0.2, -0.15) is 13.2 Å². The van der Waals surface area contributed by atoms with Crippen molar-refractivity contribution < 1.29 is 27.8 Å². The molecule has 0 spiro atoms. The van der Waals surface area contributed by atoms with E-state index in [2.05, 4.69) is 0 Å². The van der Waals surface area contributed by atoms with Crippen LogP contribution in [0.4, 0.5) is 13.2 Å². The second-order valence-corrected chi connectivity index (χ2v) is 4.67. The summed E-state index contributed by atoms with van der Waals surface area (Å²) < 4.78 is 42.7. The van der Waals surface area contributed by atoms with Crippen LogP contribution in [0, 0.1) is 5.92 Å². The summed E-state index contributed by atoms with van der Waals surface area (Å²) in [6.07, 6.45) is -5.81. The molecular weight excluding hydrogens is 285 g/mol. The molecule has 7 heteroatoms. The van der Waals surface area contributed by atoms with Crippen molar-refractivity contribution in [1.82, 2.24) is 0 Å². The van der Waals surface area contributed by atoms with Gasteiger partial charge in [0.25, 0.3) is 0 Å². The Morgan fingerprint density at radius 1 is 1.37 bits per heavy atom. The maximum Gasteiger partial charge on any atom is 0.416 e. The van der Waals surface area contributed by atoms with Crippen LogP contribution in [0.25, 0.3) is 0 Å². The Bertz CT molecular complexity index is 472. The van der Waals surface area contributed by atoms with E-state index >= 15 is 0 Å². The Balaban J connectivity index is 3.09. The first-order chi connectivity index (χ1) is 8.62. The predicted octanol–water partition coefficient (Wildman–Crippen LogP) is 3.85. The number of alkyl halides is 3. The van der Waals surface area contributed by atoms with Gasteiger partial charge in [0.2, 0.25) is 0 Å². The Morgan fingerprint density at radius 3 is 2.37 bits per heavy atom. The summed E-state index contributed by atoms with van der Waals surface area (Å²) in [5.41, 5.74) is -0.945. The van der Waals surface area contributed by atoms with Crippen LogP contribution in [0.5, 0.6) is 5.75 Å². The number of carbonyl (C=O) groups is 1. The van der Waals surface area contributed by atoms with Gasteiger partial charge in [-0.1, -0.05) is 25.4 Å². The lowest BCUT2D eigenvalue weighted by molar-refractivity contribution is -0.147. The molecule has 1 rings (SSSR count). The fourth-order valence-electron chi connectivity index (χ4n) is 1.38. The average Bonchev–Trinajstić information content (AvgIpc) is 2.25. The van der Waals surface area contributed by atoms with Crippen LogP contribution < -0.4 is 4.74 Å². The molecule has 1 aromatic carbocycles. The molecule has 0 saturated carbocycles. The van der Waals surface area contributed by atoms with Crippen molar-refractivity contribution in [3.63, 3.8) is 0 Å². The first kappa shape index (κ1) is 15.6. The van der Waals surface area contributed by atoms with Gasteiger partial charge >= 0.3 is 12.1 Å². The molecule has 0 heterocycles.